The minimum atomic E-state index is 0.683. The van der Waals surface area contributed by atoms with Crippen LogP contribution in [-0.2, 0) is 0 Å². The van der Waals surface area contributed by atoms with E-state index >= 15 is 0 Å². The van der Waals surface area contributed by atoms with Crippen molar-refractivity contribution in [2.24, 2.45) is 5.92 Å². The maximum absolute atomic E-state index is 3.48. The summed E-state index contributed by atoms with van der Waals surface area (Å²) in [6.07, 6.45) is 0. The van der Waals surface area contributed by atoms with Crippen LogP contribution in [-0.4, -0.2) is 6.54 Å². The Morgan fingerprint density at radius 2 is 2.23 bits per heavy atom. The van der Waals surface area contributed by atoms with Gasteiger partial charge in [0.05, 0.1) is 0 Å². The first kappa shape index (κ1) is 9.07. The fourth-order valence-electron chi connectivity index (χ4n) is 1.93. The lowest BCUT2D eigenvalue weighted by molar-refractivity contribution is 0.533. The molecule has 1 atom stereocenters. The molecule has 1 nitrogen and oxygen atoms in total. The van der Waals surface area contributed by atoms with Crippen molar-refractivity contribution in [3.63, 3.8) is 0 Å². The summed E-state index contributed by atoms with van der Waals surface area (Å²) >= 11 is 3.48. The van der Waals surface area contributed by atoms with E-state index in [1.165, 1.54) is 11.3 Å². The van der Waals surface area contributed by atoms with Crippen LogP contribution in [0.4, 0.5) is 5.69 Å². The van der Waals surface area contributed by atoms with Gasteiger partial charge in [-0.25, -0.2) is 0 Å². The smallest absolute Gasteiger partial charge is 0.0387 e. The molecule has 0 bridgehead atoms. The first-order valence-corrected chi connectivity index (χ1v) is 5.51. The summed E-state index contributed by atoms with van der Waals surface area (Å²) in [7, 11) is 0. The lowest BCUT2D eigenvalue weighted by Gasteiger charge is -2.13. The highest BCUT2D eigenvalue weighted by Gasteiger charge is 2.24. The molecule has 0 spiro atoms. The van der Waals surface area contributed by atoms with Gasteiger partial charge in [0, 0.05) is 22.6 Å². The van der Waals surface area contributed by atoms with Crippen LogP contribution in [0.1, 0.15) is 25.3 Å². The molecule has 0 saturated carbocycles. The molecule has 2 rings (SSSR count). The lowest BCUT2D eigenvalue weighted by Crippen LogP contribution is -2.08. The fraction of sp³-hybridized carbons (Fsp3) is 0.455. The van der Waals surface area contributed by atoms with E-state index in [0.29, 0.717) is 5.92 Å². The van der Waals surface area contributed by atoms with Crippen molar-refractivity contribution in [3.05, 3.63) is 28.2 Å². The Kier molecular flexibility index (Phi) is 2.33. The van der Waals surface area contributed by atoms with Crippen LogP contribution in [0, 0.1) is 5.92 Å². The number of anilines is 1. The van der Waals surface area contributed by atoms with Crippen molar-refractivity contribution >= 4 is 21.6 Å². The summed E-state index contributed by atoms with van der Waals surface area (Å²) in [4.78, 5) is 0. The summed E-state index contributed by atoms with van der Waals surface area (Å²) in [5.74, 6) is 1.40. The SMILES string of the molecule is CC(C)C1CNc2cc(Br)ccc21. The van der Waals surface area contributed by atoms with Gasteiger partial charge >= 0.3 is 0 Å². The maximum Gasteiger partial charge on any atom is 0.0387 e. The molecule has 13 heavy (non-hydrogen) atoms. The monoisotopic (exact) mass is 239 g/mol. The molecule has 0 amide bonds. The summed E-state index contributed by atoms with van der Waals surface area (Å²) in [6.45, 7) is 5.65. The number of hydrogen-bond acceptors (Lipinski definition) is 1. The highest BCUT2D eigenvalue weighted by molar-refractivity contribution is 9.10. The third-order valence-corrected chi connectivity index (χ3v) is 3.23. The topological polar surface area (TPSA) is 12.0 Å². The van der Waals surface area contributed by atoms with Crippen LogP contribution in [0.2, 0.25) is 0 Å². The van der Waals surface area contributed by atoms with Gasteiger partial charge in [-0.05, 0) is 23.6 Å². The molecule has 0 aromatic heterocycles. The van der Waals surface area contributed by atoms with Gasteiger partial charge < -0.3 is 5.32 Å². The Morgan fingerprint density at radius 3 is 2.92 bits per heavy atom. The predicted octanol–water partition coefficient (Wildman–Crippen LogP) is 3.61. The largest absolute Gasteiger partial charge is 0.384 e. The first-order valence-electron chi connectivity index (χ1n) is 4.72. The number of benzene rings is 1. The van der Waals surface area contributed by atoms with Gasteiger partial charge in [-0.15, -0.1) is 0 Å². The average Bonchev–Trinajstić information content (AvgIpc) is 2.46. The number of nitrogens with one attached hydrogen (secondary N) is 1. The van der Waals surface area contributed by atoms with Crippen LogP contribution < -0.4 is 5.32 Å². The Morgan fingerprint density at radius 1 is 1.46 bits per heavy atom. The van der Waals surface area contributed by atoms with Crippen molar-refractivity contribution in [2.45, 2.75) is 19.8 Å². The lowest BCUT2D eigenvalue weighted by atomic mass is 9.90. The molecular weight excluding hydrogens is 226 g/mol. The second kappa shape index (κ2) is 3.33. The van der Waals surface area contributed by atoms with E-state index in [2.05, 4.69) is 53.3 Å². The van der Waals surface area contributed by atoms with Gasteiger partial charge in [0.15, 0.2) is 0 Å². The molecule has 70 valence electrons. The van der Waals surface area contributed by atoms with Crippen molar-refractivity contribution < 1.29 is 0 Å². The molecule has 0 aliphatic carbocycles. The average molecular weight is 240 g/mol. The molecule has 1 aliphatic rings. The summed E-state index contributed by atoms with van der Waals surface area (Å²) in [5.41, 5.74) is 2.77. The van der Waals surface area contributed by atoms with Crippen molar-refractivity contribution in [3.8, 4) is 0 Å². The third-order valence-electron chi connectivity index (χ3n) is 2.73. The molecule has 1 N–H and O–H groups in total. The minimum Gasteiger partial charge on any atom is -0.384 e. The van der Waals surface area contributed by atoms with Gasteiger partial charge in [0.2, 0.25) is 0 Å². The third kappa shape index (κ3) is 1.60. The highest BCUT2D eigenvalue weighted by Crippen LogP contribution is 2.37. The molecule has 2 heteroatoms. The van der Waals surface area contributed by atoms with Gasteiger partial charge in [0.25, 0.3) is 0 Å². The summed E-state index contributed by atoms with van der Waals surface area (Å²) in [5, 5.41) is 3.44. The van der Waals surface area contributed by atoms with Crippen LogP contribution >= 0.6 is 15.9 Å². The van der Waals surface area contributed by atoms with E-state index in [1.54, 1.807) is 0 Å². The molecule has 1 aromatic carbocycles. The van der Waals surface area contributed by atoms with Gasteiger partial charge in [-0.1, -0.05) is 35.8 Å². The summed E-state index contributed by atoms with van der Waals surface area (Å²) in [6, 6.07) is 6.52. The molecule has 1 unspecified atom stereocenters. The Balaban J connectivity index is 2.38. The van der Waals surface area contributed by atoms with E-state index in [1.807, 2.05) is 0 Å². The van der Waals surface area contributed by atoms with Gasteiger partial charge in [-0.2, -0.15) is 0 Å². The molecule has 1 aliphatic heterocycles. The van der Waals surface area contributed by atoms with E-state index < -0.39 is 0 Å². The van der Waals surface area contributed by atoms with Crippen molar-refractivity contribution in [1.29, 1.82) is 0 Å². The van der Waals surface area contributed by atoms with Crippen molar-refractivity contribution in [2.75, 3.05) is 11.9 Å². The molecule has 1 heterocycles. The molecule has 0 saturated heterocycles. The van der Waals surface area contributed by atoms with Crippen LogP contribution in [0.5, 0.6) is 0 Å². The number of halogens is 1. The zero-order chi connectivity index (χ0) is 9.42. The zero-order valence-electron chi connectivity index (χ0n) is 7.97. The fourth-order valence-corrected chi connectivity index (χ4v) is 2.29. The zero-order valence-corrected chi connectivity index (χ0v) is 9.56. The second-order valence-corrected chi connectivity index (χ2v) is 4.88. The van der Waals surface area contributed by atoms with E-state index in [-0.39, 0.29) is 0 Å². The van der Waals surface area contributed by atoms with E-state index in [9.17, 15) is 0 Å². The number of rotatable bonds is 1. The van der Waals surface area contributed by atoms with Crippen LogP contribution in [0.25, 0.3) is 0 Å². The number of hydrogen-bond donors (Lipinski definition) is 1. The van der Waals surface area contributed by atoms with Crippen molar-refractivity contribution in [1.82, 2.24) is 0 Å². The highest BCUT2D eigenvalue weighted by atomic mass is 79.9. The predicted molar refractivity (Wildman–Crippen MR) is 60.2 cm³/mol. The number of fused-ring (bicyclic) bond motifs is 1. The Labute approximate surface area is 87.7 Å². The first-order chi connectivity index (χ1) is 6.18. The Hall–Kier alpha value is -0.500. The van der Waals surface area contributed by atoms with E-state index in [0.717, 1.165) is 16.9 Å². The molecule has 1 aromatic rings. The van der Waals surface area contributed by atoms with Crippen LogP contribution in [0.3, 0.4) is 0 Å². The van der Waals surface area contributed by atoms with Gasteiger partial charge in [0.1, 0.15) is 0 Å². The maximum atomic E-state index is 3.48. The minimum absolute atomic E-state index is 0.683. The second-order valence-electron chi connectivity index (χ2n) is 3.96. The standard InChI is InChI=1S/C11H14BrN/c1-7(2)10-6-13-11-5-8(12)3-4-9(10)11/h3-5,7,10,13H,6H2,1-2H3. The Bertz CT molecular complexity index is 320. The molecule has 0 fully saturated rings. The summed E-state index contributed by atoms with van der Waals surface area (Å²) < 4.78 is 1.16. The quantitative estimate of drug-likeness (QED) is 0.790. The van der Waals surface area contributed by atoms with Crippen LogP contribution in [0.15, 0.2) is 22.7 Å². The van der Waals surface area contributed by atoms with E-state index in [4.69, 9.17) is 0 Å². The van der Waals surface area contributed by atoms with Gasteiger partial charge in [-0.3, -0.25) is 0 Å². The molecule has 0 radical (unpaired) electrons. The normalized spacial score (nSPS) is 20.2. The molecular formula is C11H14BrN.